The molecule has 7 heteroatoms. The minimum atomic E-state index is -0.995. The van der Waals surface area contributed by atoms with Crippen molar-refractivity contribution in [3.8, 4) is 17.3 Å². The number of esters is 1. The first-order valence-corrected chi connectivity index (χ1v) is 8.44. The molecule has 0 saturated carbocycles. The normalized spacial score (nSPS) is 12.2. The highest BCUT2D eigenvalue weighted by Crippen LogP contribution is 2.33. The Hall–Kier alpha value is -2.73. The standard InChI is InChI=1S/C19H17ClO6/c1-4-23-19(22)11(3)25-18-16(21)12-9-13(20)10(2)8-15(12)26-17(18)14-6-5-7-24-14/h5-9,11H,4H2,1-3H3/t11-/m0/s1. The Labute approximate surface area is 154 Å². The van der Waals surface area contributed by atoms with Crippen LogP contribution in [0.2, 0.25) is 5.02 Å². The zero-order valence-corrected chi connectivity index (χ0v) is 15.3. The number of furan rings is 1. The van der Waals surface area contributed by atoms with Crippen LogP contribution >= 0.6 is 11.6 Å². The summed E-state index contributed by atoms with van der Waals surface area (Å²) in [6.07, 6.45) is 0.454. The van der Waals surface area contributed by atoms with E-state index in [1.54, 1.807) is 25.1 Å². The first-order valence-electron chi connectivity index (χ1n) is 8.06. The zero-order chi connectivity index (χ0) is 18.8. The summed E-state index contributed by atoms with van der Waals surface area (Å²) in [6, 6.07) is 6.48. The monoisotopic (exact) mass is 376 g/mol. The van der Waals surface area contributed by atoms with Crippen molar-refractivity contribution in [1.82, 2.24) is 0 Å². The highest BCUT2D eigenvalue weighted by molar-refractivity contribution is 6.32. The minimum absolute atomic E-state index is 0.102. The minimum Gasteiger partial charge on any atom is -0.471 e. The van der Waals surface area contributed by atoms with Gasteiger partial charge in [0.2, 0.25) is 16.9 Å². The van der Waals surface area contributed by atoms with Gasteiger partial charge in [-0.05, 0) is 50.6 Å². The van der Waals surface area contributed by atoms with E-state index in [-0.39, 0.29) is 23.5 Å². The summed E-state index contributed by atoms with van der Waals surface area (Å²) in [5.41, 5.74) is 0.663. The lowest BCUT2D eigenvalue weighted by atomic mass is 10.1. The van der Waals surface area contributed by atoms with Crippen molar-refractivity contribution in [3.63, 3.8) is 0 Å². The van der Waals surface area contributed by atoms with E-state index < -0.39 is 17.5 Å². The Bertz CT molecular complexity index is 1000. The van der Waals surface area contributed by atoms with Gasteiger partial charge in [-0.1, -0.05) is 11.6 Å². The van der Waals surface area contributed by atoms with Crippen LogP contribution in [0, 0.1) is 6.92 Å². The lowest BCUT2D eigenvalue weighted by molar-refractivity contribution is -0.150. The van der Waals surface area contributed by atoms with E-state index >= 15 is 0 Å². The average molecular weight is 377 g/mol. The Balaban J connectivity index is 2.20. The van der Waals surface area contributed by atoms with Crippen molar-refractivity contribution in [1.29, 1.82) is 0 Å². The van der Waals surface area contributed by atoms with Gasteiger partial charge in [-0.25, -0.2) is 4.79 Å². The third-order valence-electron chi connectivity index (χ3n) is 3.79. The summed E-state index contributed by atoms with van der Waals surface area (Å²) in [5, 5.41) is 0.682. The number of carbonyl (C=O) groups is 1. The Morgan fingerprint density at radius 1 is 1.35 bits per heavy atom. The number of fused-ring (bicyclic) bond motifs is 1. The topological polar surface area (TPSA) is 78.9 Å². The molecule has 3 rings (SSSR count). The second-order valence-electron chi connectivity index (χ2n) is 5.68. The number of hydrogen-bond donors (Lipinski definition) is 0. The predicted molar refractivity (Wildman–Crippen MR) is 96.7 cm³/mol. The summed E-state index contributed by atoms with van der Waals surface area (Å²) in [6.45, 7) is 5.20. The summed E-state index contributed by atoms with van der Waals surface area (Å²) in [7, 11) is 0. The van der Waals surface area contributed by atoms with Crippen LogP contribution in [0.3, 0.4) is 0 Å². The fourth-order valence-electron chi connectivity index (χ4n) is 2.46. The van der Waals surface area contributed by atoms with Crippen LogP contribution in [-0.4, -0.2) is 18.7 Å². The Morgan fingerprint density at radius 3 is 2.77 bits per heavy atom. The van der Waals surface area contributed by atoms with Gasteiger partial charge in [0.1, 0.15) is 5.58 Å². The fourth-order valence-corrected chi connectivity index (χ4v) is 2.62. The van der Waals surface area contributed by atoms with E-state index in [0.29, 0.717) is 16.4 Å². The van der Waals surface area contributed by atoms with Gasteiger partial charge >= 0.3 is 5.97 Å². The van der Waals surface area contributed by atoms with Gasteiger partial charge in [-0.15, -0.1) is 0 Å². The molecule has 0 spiro atoms. The number of carbonyl (C=O) groups excluding carboxylic acids is 1. The molecule has 0 N–H and O–H groups in total. The quantitative estimate of drug-likeness (QED) is 0.616. The molecule has 0 saturated heterocycles. The number of hydrogen-bond acceptors (Lipinski definition) is 6. The molecule has 0 fully saturated rings. The second-order valence-corrected chi connectivity index (χ2v) is 6.08. The molecule has 0 unspecified atom stereocenters. The Morgan fingerprint density at radius 2 is 2.12 bits per heavy atom. The van der Waals surface area contributed by atoms with E-state index in [9.17, 15) is 9.59 Å². The van der Waals surface area contributed by atoms with Crippen molar-refractivity contribution >= 4 is 28.5 Å². The first-order chi connectivity index (χ1) is 12.4. The van der Waals surface area contributed by atoms with E-state index in [0.717, 1.165) is 5.56 Å². The molecular weight excluding hydrogens is 360 g/mol. The summed E-state index contributed by atoms with van der Waals surface area (Å²) >= 11 is 6.13. The van der Waals surface area contributed by atoms with E-state index in [1.807, 2.05) is 6.92 Å². The molecule has 2 aromatic heterocycles. The zero-order valence-electron chi connectivity index (χ0n) is 14.5. The largest absolute Gasteiger partial charge is 0.471 e. The molecule has 3 aromatic rings. The highest BCUT2D eigenvalue weighted by Gasteiger charge is 2.25. The number of ether oxygens (including phenoxy) is 2. The van der Waals surface area contributed by atoms with Crippen LogP contribution in [0.5, 0.6) is 5.75 Å². The van der Waals surface area contributed by atoms with Gasteiger partial charge in [0, 0.05) is 5.02 Å². The molecule has 6 nitrogen and oxygen atoms in total. The fraction of sp³-hybridized carbons (Fsp3) is 0.263. The first kappa shape index (κ1) is 18.1. The molecule has 26 heavy (non-hydrogen) atoms. The molecule has 0 amide bonds. The van der Waals surface area contributed by atoms with E-state index in [2.05, 4.69) is 0 Å². The van der Waals surface area contributed by atoms with Crippen LogP contribution in [0.25, 0.3) is 22.5 Å². The lowest BCUT2D eigenvalue weighted by Crippen LogP contribution is -2.28. The molecule has 0 bridgehead atoms. The lowest BCUT2D eigenvalue weighted by Gasteiger charge is -2.15. The van der Waals surface area contributed by atoms with Crippen molar-refractivity contribution in [3.05, 3.63) is 51.3 Å². The third-order valence-corrected chi connectivity index (χ3v) is 4.20. The van der Waals surface area contributed by atoms with E-state index in [1.165, 1.54) is 19.3 Å². The van der Waals surface area contributed by atoms with Gasteiger partial charge in [-0.2, -0.15) is 0 Å². The Kier molecular flexibility index (Phi) is 5.04. The molecule has 2 heterocycles. The molecule has 136 valence electrons. The third kappa shape index (κ3) is 3.32. The molecule has 0 radical (unpaired) electrons. The molecule has 0 aliphatic carbocycles. The van der Waals surface area contributed by atoms with Gasteiger partial charge in [0.25, 0.3) is 0 Å². The van der Waals surface area contributed by atoms with E-state index in [4.69, 9.17) is 29.9 Å². The molecule has 0 aliphatic rings. The SMILES string of the molecule is CCOC(=O)[C@H](C)Oc1c(-c2ccco2)oc2cc(C)c(Cl)cc2c1=O. The van der Waals surface area contributed by atoms with Crippen molar-refractivity contribution in [2.45, 2.75) is 26.9 Å². The van der Waals surface area contributed by atoms with Gasteiger partial charge < -0.3 is 18.3 Å². The number of rotatable bonds is 5. The maximum Gasteiger partial charge on any atom is 0.347 e. The number of halogens is 1. The smallest absolute Gasteiger partial charge is 0.347 e. The van der Waals surface area contributed by atoms with Crippen molar-refractivity contribution in [2.24, 2.45) is 0 Å². The predicted octanol–water partition coefficient (Wildman–Crippen LogP) is 4.35. The molecule has 0 aliphatic heterocycles. The summed E-state index contributed by atoms with van der Waals surface area (Å²) in [4.78, 5) is 24.9. The second kappa shape index (κ2) is 7.25. The van der Waals surface area contributed by atoms with Gasteiger partial charge in [0.05, 0.1) is 18.3 Å². The number of benzene rings is 1. The van der Waals surface area contributed by atoms with Crippen molar-refractivity contribution < 1.29 is 23.1 Å². The molecule has 1 atom stereocenters. The van der Waals surface area contributed by atoms with Gasteiger partial charge in [-0.3, -0.25) is 4.79 Å². The maximum absolute atomic E-state index is 13.0. The summed E-state index contributed by atoms with van der Waals surface area (Å²) < 4.78 is 21.8. The van der Waals surface area contributed by atoms with Gasteiger partial charge in [0.15, 0.2) is 11.9 Å². The number of aryl methyl sites for hydroxylation is 1. The van der Waals surface area contributed by atoms with Crippen LogP contribution in [0.4, 0.5) is 0 Å². The van der Waals surface area contributed by atoms with Crippen molar-refractivity contribution in [2.75, 3.05) is 6.61 Å². The van der Waals surface area contributed by atoms with Crippen LogP contribution in [0.15, 0.2) is 44.2 Å². The maximum atomic E-state index is 13.0. The summed E-state index contributed by atoms with van der Waals surface area (Å²) in [5.74, 6) is -0.305. The average Bonchev–Trinajstić information content (AvgIpc) is 3.13. The van der Waals surface area contributed by atoms with Crippen LogP contribution in [-0.2, 0) is 9.53 Å². The molecule has 1 aromatic carbocycles. The highest BCUT2D eigenvalue weighted by atomic mass is 35.5. The van der Waals surface area contributed by atoms with Crippen LogP contribution < -0.4 is 10.2 Å². The van der Waals surface area contributed by atoms with Crippen LogP contribution in [0.1, 0.15) is 19.4 Å². The molecular formula is C19H17ClO6.